The molecule has 1 saturated carbocycles. The summed E-state index contributed by atoms with van der Waals surface area (Å²) in [6.45, 7) is 5.00. The molecule has 0 spiro atoms. The Kier molecular flexibility index (Phi) is 7.21. The van der Waals surface area contributed by atoms with Gasteiger partial charge in [-0.1, -0.05) is 43.5 Å². The lowest BCUT2D eigenvalue weighted by molar-refractivity contribution is 0.0518. The van der Waals surface area contributed by atoms with E-state index in [4.69, 9.17) is 4.74 Å². The Morgan fingerprint density at radius 3 is 2.31 bits per heavy atom. The van der Waals surface area contributed by atoms with Crippen molar-refractivity contribution in [2.75, 3.05) is 13.2 Å². The topological polar surface area (TPSA) is 64.4 Å². The van der Waals surface area contributed by atoms with Gasteiger partial charge >= 0.3 is 5.97 Å². The van der Waals surface area contributed by atoms with E-state index in [0.717, 1.165) is 36.3 Å². The van der Waals surface area contributed by atoms with E-state index in [1.807, 2.05) is 29.2 Å². The molecule has 6 nitrogen and oxygen atoms in total. The van der Waals surface area contributed by atoms with E-state index in [9.17, 15) is 9.59 Å². The smallest absolute Gasteiger partial charge is 0.358 e. The Morgan fingerprint density at radius 1 is 0.944 bits per heavy atom. The summed E-state index contributed by atoms with van der Waals surface area (Å²) in [6, 6.07) is 18.2. The van der Waals surface area contributed by atoms with Crippen LogP contribution in [0.15, 0.2) is 54.6 Å². The molecule has 0 N–H and O–H groups in total. The summed E-state index contributed by atoms with van der Waals surface area (Å²) < 4.78 is 6.99. The number of nitrogens with zero attached hydrogens (tertiary/aromatic N) is 3. The maximum absolute atomic E-state index is 13.0. The first-order valence-corrected chi connectivity index (χ1v) is 13.3. The number of hydrogen-bond donors (Lipinski definition) is 0. The zero-order valence-corrected chi connectivity index (χ0v) is 21.3. The predicted octanol–water partition coefficient (Wildman–Crippen LogP) is 6.39. The maximum Gasteiger partial charge on any atom is 0.358 e. The highest BCUT2D eigenvalue weighted by Crippen LogP contribution is 2.34. The van der Waals surface area contributed by atoms with E-state index in [0.29, 0.717) is 18.1 Å². The van der Waals surface area contributed by atoms with Gasteiger partial charge in [0.25, 0.3) is 5.91 Å². The van der Waals surface area contributed by atoms with Gasteiger partial charge < -0.3 is 9.64 Å². The van der Waals surface area contributed by atoms with Gasteiger partial charge in [0.1, 0.15) is 0 Å². The Bertz CT molecular complexity index is 1210. The van der Waals surface area contributed by atoms with Gasteiger partial charge in [-0.3, -0.25) is 4.79 Å². The third-order valence-electron chi connectivity index (χ3n) is 7.65. The van der Waals surface area contributed by atoms with Crippen molar-refractivity contribution in [3.05, 3.63) is 71.4 Å². The third-order valence-corrected chi connectivity index (χ3v) is 7.65. The van der Waals surface area contributed by atoms with Gasteiger partial charge in [-0.15, -0.1) is 0 Å². The van der Waals surface area contributed by atoms with Crippen LogP contribution in [-0.2, 0) is 4.74 Å². The number of benzene rings is 2. The molecule has 5 rings (SSSR count). The lowest BCUT2D eigenvalue weighted by atomic mass is 9.84. The average molecular weight is 486 g/mol. The number of amides is 1. The van der Waals surface area contributed by atoms with Crippen LogP contribution in [0, 0.1) is 0 Å². The van der Waals surface area contributed by atoms with E-state index in [2.05, 4.69) is 36.3 Å². The normalized spacial score (nSPS) is 18.4. The largest absolute Gasteiger partial charge is 0.461 e. The number of esters is 1. The second kappa shape index (κ2) is 10.7. The minimum atomic E-state index is -0.439. The van der Waals surface area contributed by atoms with Gasteiger partial charge in [0.05, 0.1) is 18.0 Å². The predicted molar refractivity (Wildman–Crippen MR) is 141 cm³/mol. The van der Waals surface area contributed by atoms with E-state index >= 15 is 0 Å². The molecule has 1 aliphatic heterocycles. The summed E-state index contributed by atoms with van der Waals surface area (Å²) in [5.74, 6) is 0.264. The first kappa shape index (κ1) is 24.3. The lowest BCUT2D eigenvalue weighted by Crippen LogP contribution is -2.33. The number of rotatable bonds is 6. The summed E-state index contributed by atoms with van der Waals surface area (Å²) >= 11 is 0. The zero-order chi connectivity index (χ0) is 25.1. The fourth-order valence-electron chi connectivity index (χ4n) is 5.60. The van der Waals surface area contributed by atoms with Crippen molar-refractivity contribution in [1.82, 2.24) is 14.7 Å². The fourth-order valence-corrected chi connectivity index (χ4v) is 5.60. The SMILES string of the molecule is CCOC(=O)c1cc(-c2ccc(C3CCCCC3)cc2)n(-c2ccc(C(=O)N3CCCC3C)cc2)n1. The number of aromatic nitrogens is 2. The quantitative estimate of drug-likeness (QED) is 0.380. The molecule has 1 atom stereocenters. The number of carbonyl (C=O) groups excluding carboxylic acids is 2. The van der Waals surface area contributed by atoms with Crippen molar-refractivity contribution >= 4 is 11.9 Å². The van der Waals surface area contributed by atoms with Crippen molar-refractivity contribution in [3.8, 4) is 16.9 Å². The second-order valence-corrected chi connectivity index (χ2v) is 10.0. The maximum atomic E-state index is 13.0. The molecule has 6 heteroatoms. The highest BCUT2D eigenvalue weighted by Gasteiger charge is 2.26. The molecule has 1 aromatic heterocycles. The molecule has 0 radical (unpaired) electrons. The molecule has 2 aliphatic rings. The summed E-state index contributed by atoms with van der Waals surface area (Å²) in [7, 11) is 0. The Hall–Kier alpha value is -3.41. The van der Waals surface area contributed by atoms with Crippen molar-refractivity contribution in [2.45, 2.75) is 70.8 Å². The third kappa shape index (κ3) is 4.95. The molecular weight excluding hydrogens is 450 g/mol. The van der Waals surface area contributed by atoms with Crippen LogP contribution in [0.1, 0.15) is 91.1 Å². The van der Waals surface area contributed by atoms with Crippen LogP contribution in [0.3, 0.4) is 0 Å². The van der Waals surface area contributed by atoms with Gasteiger partial charge in [0.2, 0.25) is 0 Å². The van der Waals surface area contributed by atoms with Crippen molar-refractivity contribution in [3.63, 3.8) is 0 Å². The van der Waals surface area contributed by atoms with Crippen LogP contribution in [0.4, 0.5) is 0 Å². The van der Waals surface area contributed by atoms with Gasteiger partial charge in [-0.05, 0) is 81.3 Å². The standard InChI is InChI=1S/C30H35N3O3/c1-3-36-30(35)27-20-28(24-13-11-23(12-14-24)22-9-5-4-6-10-22)33(31-27)26-17-15-25(16-18-26)29(34)32-19-7-8-21(32)2/h11-18,20-22H,3-10,19H2,1-2H3. The molecule has 1 amide bonds. The van der Waals surface area contributed by atoms with Crippen molar-refractivity contribution < 1.29 is 14.3 Å². The molecule has 36 heavy (non-hydrogen) atoms. The molecule has 0 bridgehead atoms. The number of ether oxygens (including phenoxy) is 1. The molecule has 2 fully saturated rings. The van der Waals surface area contributed by atoms with Crippen LogP contribution in [0.25, 0.3) is 16.9 Å². The summed E-state index contributed by atoms with van der Waals surface area (Å²) in [6.07, 6.45) is 8.56. The molecule has 1 aliphatic carbocycles. The van der Waals surface area contributed by atoms with Crippen molar-refractivity contribution in [1.29, 1.82) is 0 Å². The summed E-state index contributed by atoms with van der Waals surface area (Å²) in [5.41, 5.74) is 4.93. The Balaban J connectivity index is 1.45. The highest BCUT2D eigenvalue weighted by atomic mass is 16.5. The van der Waals surface area contributed by atoms with E-state index in [-0.39, 0.29) is 17.6 Å². The Labute approximate surface area is 213 Å². The molecule has 1 saturated heterocycles. The molecule has 1 unspecified atom stereocenters. The van der Waals surface area contributed by atoms with Crippen molar-refractivity contribution in [2.24, 2.45) is 0 Å². The summed E-state index contributed by atoms with van der Waals surface area (Å²) in [4.78, 5) is 27.4. The van der Waals surface area contributed by atoms with Crippen LogP contribution in [0.2, 0.25) is 0 Å². The minimum absolute atomic E-state index is 0.0674. The van der Waals surface area contributed by atoms with Gasteiger partial charge in [0.15, 0.2) is 5.69 Å². The fraction of sp³-hybridized carbons (Fsp3) is 0.433. The monoisotopic (exact) mass is 485 g/mol. The van der Waals surface area contributed by atoms with Crippen LogP contribution in [0.5, 0.6) is 0 Å². The number of hydrogen-bond acceptors (Lipinski definition) is 4. The van der Waals surface area contributed by atoms with Gasteiger partial charge in [-0.25, -0.2) is 9.48 Å². The van der Waals surface area contributed by atoms with E-state index in [1.54, 1.807) is 17.7 Å². The lowest BCUT2D eigenvalue weighted by Gasteiger charge is -2.22. The van der Waals surface area contributed by atoms with Crippen LogP contribution < -0.4 is 0 Å². The highest BCUT2D eigenvalue weighted by molar-refractivity contribution is 5.95. The minimum Gasteiger partial charge on any atom is -0.461 e. The number of carbonyl (C=O) groups is 2. The van der Waals surface area contributed by atoms with Crippen LogP contribution >= 0.6 is 0 Å². The molecular formula is C30H35N3O3. The first-order chi connectivity index (χ1) is 17.5. The average Bonchev–Trinajstić information content (AvgIpc) is 3.56. The first-order valence-electron chi connectivity index (χ1n) is 13.3. The van der Waals surface area contributed by atoms with Gasteiger partial charge in [0, 0.05) is 23.7 Å². The van der Waals surface area contributed by atoms with E-state index in [1.165, 1.54) is 37.7 Å². The second-order valence-electron chi connectivity index (χ2n) is 10.0. The summed E-state index contributed by atoms with van der Waals surface area (Å²) in [5, 5.41) is 4.60. The molecule has 188 valence electrons. The van der Waals surface area contributed by atoms with Crippen LogP contribution in [-0.4, -0.2) is 45.8 Å². The Morgan fingerprint density at radius 2 is 1.67 bits per heavy atom. The molecule has 2 aromatic carbocycles. The molecule has 2 heterocycles. The van der Waals surface area contributed by atoms with E-state index < -0.39 is 5.97 Å². The van der Waals surface area contributed by atoms with Gasteiger partial charge in [-0.2, -0.15) is 5.10 Å². The molecule has 3 aromatic rings. The zero-order valence-electron chi connectivity index (χ0n) is 21.3. The number of likely N-dealkylation sites (tertiary alicyclic amines) is 1.